The Kier molecular flexibility index (Phi) is 2.50. The van der Waals surface area contributed by atoms with Crippen LogP contribution in [0.5, 0.6) is 0 Å². The van der Waals surface area contributed by atoms with Gasteiger partial charge in [0.2, 0.25) is 0 Å². The predicted octanol–water partition coefficient (Wildman–Crippen LogP) is 3.50. The van der Waals surface area contributed by atoms with Gasteiger partial charge in [0.25, 0.3) is 0 Å². The van der Waals surface area contributed by atoms with Crippen LogP contribution >= 0.6 is 0 Å². The first-order valence-electron chi connectivity index (χ1n) is 3.25. The second-order valence-corrected chi connectivity index (χ2v) is 19.2. The van der Waals surface area contributed by atoms with Crippen LogP contribution in [0.4, 0.5) is 0 Å². The molecule has 0 aliphatic carbocycles. The van der Waals surface area contributed by atoms with Gasteiger partial charge in [0.1, 0.15) is 0 Å². The van der Waals surface area contributed by atoms with Crippen LogP contribution in [0.1, 0.15) is 20.8 Å². The predicted molar refractivity (Wildman–Crippen MR) is 37.3 cm³/mol. The second-order valence-electron chi connectivity index (χ2n) is 4.50. The maximum atomic E-state index is 2.48. The van der Waals surface area contributed by atoms with Gasteiger partial charge in [0.05, 0.1) is 0 Å². The molecular weight excluding hydrogens is 175 g/mol. The van der Waals surface area contributed by atoms with Crippen LogP contribution in [0.15, 0.2) is 0 Å². The van der Waals surface area contributed by atoms with E-state index in [4.69, 9.17) is 0 Å². The quantitative estimate of drug-likeness (QED) is 0.552. The molecular formula is C7H18Zr. The average Bonchev–Trinajstić information content (AvgIpc) is 1.25. The minimum absolute atomic E-state index is 0.648. The van der Waals surface area contributed by atoms with Gasteiger partial charge >= 0.3 is 58.1 Å². The fraction of sp³-hybridized carbons (Fsp3) is 1.00. The molecule has 0 nitrogen and oxygen atoms in total. The van der Waals surface area contributed by atoms with Crippen molar-refractivity contribution in [3.05, 3.63) is 0 Å². The zero-order chi connectivity index (χ0) is 7.00. The van der Waals surface area contributed by atoms with Crippen molar-refractivity contribution in [1.82, 2.24) is 0 Å². The Morgan fingerprint density at radius 2 is 1.00 bits per heavy atom. The first-order valence-corrected chi connectivity index (χ1v) is 11.9. The van der Waals surface area contributed by atoms with E-state index in [1.165, 1.54) is 0 Å². The van der Waals surface area contributed by atoms with Gasteiger partial charge in [-0.3, -0.25) is 0 Å². The Hall–Kier alpha value is 0.883. The van der Waals surface area contributed by atoms with Crippen molar-refractivity contribution in [3.63, 3.8) is 0 Å². The Balaban J connectivity index is 4.02. The fourth-order valence-corrected chi connectivity index (χ4v) is 0. The molecule has 0 saturated heterocycles. The number of rotatable bonds is 0. The van der Waals surface area contributed by atoms with Crippen LogP contribution in [-0.4, -0.2) is 0 Å². The van der Waals surface area contributed by atoms with Crippen molar-refractivity contribution in [2.75, 3.05) is 0 Å². The minimum atomic E-state index is -1.52. The summed E-state index contributed by atoms with van der Waals surface area (Å²) in [5.41, 5.74) is 0. The third kappa shape index (κ3) is 2.44. The summed E-state index contributed by atoms with van der Waals surface area (Å²) >= 11 is -1.52. The van der Waals surface area contributed by atoms with Crippen molar-refractivity contribution in [2.24, 2.45) is 0 Å². The summed E-state index contributed by atoms with van der Waals surface area (Å²) in [6.07, 6.45) is 0. The molecule has 0 rings (SSSR count). The Bertz CT molecular complexity index is 59.4. The summed E-state index contributed by atoms with van der Waals surface area (Å²) in [5.74, 6) is 0. The Morgan fingerprint density at radius 3 is 1.00 bits per heavy atom. The van der Waals surface area contributed by atoms with Gasteiger partial charge < -0.3 is 0 Å². The van der Waals surface area contributed by atoms with Gasteiger partial charge in [-0.15, -0.1) is 0 Å². The molecule has 0 aromatic rings. The van der Waals surface area contributed by atoms with E-state index in [-0.39, 0.29) is 0 Å². The van der Waals surface area contributed by atoms with E-state index in [1.54, 1.807) is 0 Å². The van der Waals surface area contributed by atoms with Crippen molar-refractivity contribution in [3.8, 4) is 0 Å². The summed E-state index contributed by atoms with van der Waals surface area (Å²) < 4.78 is 8.09. The van der Waals surface area contributed by atoms with Crippen LogP contribution < -0.4 is 0 Å². The molecule has 0 aliphatic heterocycles. The van der Waals surface area contributed by atoms with E-state index < -0.39 is 20.3 Å². The van der Waals surface area contributed by atoms with E-state index in [0.29, 0.717) is 3.12 Å². The maximum absolute atomic E-state index is 2.48. The van der Waals surface area contributed by atoms with E-state index in [9.17, 15) is 0 Å². The molecule has 0 atom stereocenters. The summed E-state index contributed by atoms with van der Waals surface area (Å²) in [7, 11) is 0. The van der Waals surface area contributed by atoms with Crippen LogP contribution in [-0.2, 0) is 20.3 Å². The van der Waals surface area contributed by atoms with Gasteiger partial charge in [-0.05, 0) is 0 Å². The van der Waals surface area contributed by atoms with E-state index in [1.807, 2.05) is 0 Å². The topological polar surface area (TPSA) is 0 Å². The monoisotopic (exact) mass is 192 g/mol. The van der Waals surface area contributed by atoms with E-state index in [2.05, 4.69) is 34.7 Å². The molecule has 0 unspecified atom stereocenters. The van der Waals surface area contributed by atoms with Crippen molar-refractivity contribution >= 4 is 0 Å². The molecule has 0 amide bonds. The Labute approximate surface area is 58.1 Å². The van der Waals surface area contributed by atoms with E-state index in [0.717, 1.165) is 0 Å². The first kappa shape index (κ1) is 8.88. The second kappa shape index (κ2) is 2.25. The third-order valence-corrected chi connectivity index (χ3v) is 13.3. The molecule has 8 heavy (non-hydrogen) atoms. The molecule has 0 aromatic carbocycles. The Morgan fingerprint density at radius 1 is 0.875 bits per heavy atom. The zero-order valence-electron chi connectivity index (χ0n) is 7.00. The molecule has 1 heteroatoms. The molecule has 0 heterocycles. The normalized spacial score (nSPS) is 14.2. The molecule has 0 aromatic heterocycles. The first-order chi connectivity index (χ1) is 3.25. The molecule has 0 aliphatic rings. The standard InChI is InChI=1S/C4H9.3CH3.Zr/c1-4(2)3;;;;/h1-3H3;3*1H3;. The molecule has 0 bridgehead atoms. The third-order valence-electron chi connectivity index (χ3n) is 2.25. The van der Waals surface area contributed by atoms with Crippen LogP contribution in [0.25, 0.3) is 0 Å². The van der Waals surface area contributed by atoms with Gasteiger partial charge in [0.15, 0.2) is 0 Å². The summed E-state index contributed by atoms with van der Waals surface area (Å²) in [5, 5.41) is 0. The van der Waals surface area contributed by atoms with Crippen molar-refractivity contribution in [2.45, 2.75) is 37.8 Å². The molecule has 0 spiro atoms. The molecule has 0 radical (unpaired) electrons. The van der Waals surface area contributed by atoms with Gasteiger partial charge in [-0.2, -0.15) is 0 Å². The van der Waals surface area contributed by atoms with Crippen LogP contribution in [0, 0.1) is 0 Å². The molecule has 0 N–H and O–H groups in total. The van der Waals surface area contributed by atoms with Gasteiger partial charge in [0, 0.05) is 0 Å². The average molecular weight is 193 g/mol. The van der Waals surface area contributed by atoms with Crippen molar-refractivity contribution in [1.29, 1.82) is 0 Å². The van der Waals surface area contributed by atoms with E-state index >= 15 is 0 Å². The van der Waals surface area contributed by atoms with Gasteiger partial charge in [-0.1, -0.05) is 0 Å². The molecule has 50 valence electrons. The SMILES string of the molecule is C[C](C)(C)[Zr]([CH3])([CH3])[CH3]. The zero-order valence-corrected chi connectivity index (χ0v) is 9.46. The fourth-order valence-electron chi connectivity index (χ4n) is 0. The van der Waals surface area contributed by atoms with Crippen molar-refractivity contribution < 1.29 is 20.3 Å². The van der Waals surface area contributed by atoms with Crippen LogP contribution in [0.3, 0.4) is 0 Å². The molecule has 0 saturated carbocycles. The number of hydrogen-bond donors (Lipinski definition) is 0. The summed E-state index contributed by atoms with van der Waals surface area (Å²) in [4.78, 5) is 0. The molecule has 0 fully saturated rings. The van der Waals surface area contributed by atoms with Crippen LogP contribution in [0.2, 0.25) is 17.0 Å². The van der Waals surface area contributed by atoms with Gasteiger partial charge in [-0.25, -0.2) is 0 Å². The summed E-state index contributed by atoms with van der Waals surface area (Å²) in [6.45, 7) is 7.09. The number of hydrogen-bond acceptors (Lipinski definition) is 0. The summed E-state index contributed by atoms with van der Waals surface area (Å²) in [6, 6.07) is 0.